The van der Waals surface area contributed by atoms with Crippen LogP contribution in [-0.4, -0.2) is 44.9 Å². The average Bonchev–Trinajstić information content (AvgIpc) is 2.85. The Morgan fingerprint density at radius 1 is 0.886 bits per heavy atom. The third kappa shape index (κ3) is 6.53. The van der Waals surface area contributed by atoms with Gasteiger partial charge in [0.25, 0.3) is 11.8 Å². The van der Waals surface area contributed by atoms with E-state index in [4.69, 9.17) is 31.2 Å². The number of hydrogen-bond donors (Lipinski definition) is 3. The van der Waals surface area contributed by atoms with Crippen molar-refractivity contribution >= 4 is 71.8 Å². The Morgan fingerprint density at radius 2 is 1.57 bits per heavy atom. The van der Waals surface area contributed by atoms with E-state index < -0.39 is 11.8 Å². The molecule has 0 spiro atoms. The molecule has 9 nitrogen and oxygen atoms in total. The molecule has 3 aromatic rings. The van der Waals surface area contributed by atoms with E-state index in [1.807, 2.05) is 24.3 Å². The molecule has 35 heavy (non-hydrogen) atoms. The summed E-state index contributed by atoms with van der Waals surface area (Å²) in [6.45, 7) is -0.288. The van der Waals surface area contributed by atoms with Gasteiger partial charge in [0.05, 0.1) is 25.8 Å². The van der Waals surface area contributed by atoms with Crippen molar-refractivity contribution in [3.63, 3.8) is 0 Å². The van der Waals surface area contributed by atoms with Crippen LogP contribution < -0.4 is 35.1 Å². The predicted molar refractivity (Wildman–Crippen MR) is 142 cm³/mol. The first-order chi connectivity index (χ1) is 16.8. The fourth-order valence-electron chi connectivity index (χ4n) is 3.09. The third-order valence-corrected chi connectivity index (χ3v) is 6.22. The fourth-order valence-corrected chi connectivity index (χ4v) is 4.24. The summed E-state index contributed by atoms with van der Waals surface area (Å²) in [4.78, 5) is 24.8. The molecule has 0 saturated heterocycles. The molecule has 3 rings (SSSR count). The lowest BCUT2D eigenvalue weighted by Gasteiger charge is -2.15. The number of rotatable bonds is 7. The lowest BCUT2D eigenvalue weighted by atomic mass is 10.1. The van der Waals surface area contributed by atoms with Crippen LogP contribution in [0.2, 0.25) is 0 Å². The van der Waals surface area contributed by atoms with Crippen LogP contribution in [0.4, 0.5) is 0 Å². The molecular formula is C23H21Br2N3O6S. The molecule has 0 atom stereocenters. The Kier molecular flexibility index (Phi) is 9.13. The summed E-state index contributed by atoms with van der Waals surface area (Å²) in [5.74, 6) is 0.448. The Labute approximate surface area is 223 Å². The molecule has 0 radical (unpaired) electrons. The Bertz CT molecular complexity index is 1260. The van der Waals surface area contributed by atoms with E-state index in [1.54, 1.807) is 6.07 Å². The maximum atomic E-state index is 12.5. The summed E-state index contributed by atoms with van der Waals surface area (Å²) in [5.41, 5.74) is 5.10. The highest BCUT2D eigenvalue weighted by Gasteiger charge is 2.17. The topological polar surface area (TPSA) is 107 Å². The zero-order valence-corrected chi connectivity index (χ0v) is 22.9. The van der Waals surface area contributed by atoms with Crippen LogP contribution in [-0.2, 0) is 4.79 Å². The molecule has 0 unspecified atom stereocenters. The van der Waals surface area contributed by atoms with Gasteiger partial charge in [0.15, 0.2) is 23.2 Å². The quantitative estimate of drug-likeness (QED) is 0.266. The normalized spacial score (nSPS) is 10.3. The molecule has 2 amide bonds. The number of ether oxygens (including phenoxy) is 4. The number of hydrazine groups is 1. The molecule has 0 aliphatic heterocycles. The molecule has 0 fully saturated rings. The van der Waals surface area contributed by atoms with Crippen molar-refractivity contribution in [3.8, 4) is 23.0 Å². The standard InChI is InChI=1S/C23H21Br2N3O6S/c1-31-17-9-13(10-18(32-2)21(17)33-3)22(30)27-28-23(35)26-19(29)11-34-16-7-4-12-8-14(24)5-6-15(12)20(16)25/h4-10H,11H2,1-3H3,(H,27,30)(H2,26,28,29,35). The molecule has 0 bridgehead atoms. The van der Waals surface area contributed by atoms with Crippen LogP contribution >= 0.6 is 44.1 Å². The van der Waals surface area contributed by atoms with Crippen molar-refractivity contribution in [1.29, 1.82) is 0 Å². The highest BCUT2D eigenvalue weighted by molar-refractivity contribution is 9.11. The van der Waals surface area contributed by atoms with E-state index in [9.17, 15) is 9.59 Å². The second kappa shape index (κ2) is 12.0. The Hall–Kier alpha value is -3.09. The Morgan fingerprint density at radius 3 is 2.20 bits per heavy atom. The van der Waals surface area contributed by atoms with Gasteiger partial charge in [-0.1, -0.05) is 28.1 Å². The molecule has 3 aromatic carbocycles. The first-order valence-electron chi connectivity index (χ1n) is 9.98. The van der Waals surface area contributed by atoms with E-state index in [0.29, 0.717) is 23.0 Å². The maximum absolute atomic E-state index is 12.5. The number of hydrogen-bond acceptors (Lipinski definition) is 7. The van der Waals surface area contributed by atoms with Crippen LogP contribution in [0.15, 0.2) is 51.4 Å². The second-order valence-corrected chi connectivity index (χ2v) is 9.02. The number of benzene rings is 3. The number of carbonyl (C=O) groups excluding carboxylic acids is 2. The second-order valence-electron chi connectivity index (χ2n) is 6.90. The van der Waals surface area contributed by atoms with E-state index in [-0.39, 0.29) is 17.3 Å². The number of fused-ring (bicyclic) bond motifs is 1. The van der Waals surface area contributed by atoms with Gasteiger partial charge in [0.2, 0.25) is 5.75 Å². The van der Waals surface area contributed by atoms with Crippen LogP contribution in [0.3, 0.4) is 0 Å². The number of carbonyl (C=O) groups is 2. The van der Waals surface area contributed by atoms with Gasteiger partial charge >= 0.3 is 0 Å². The van der Waals surface area contributed by atoms with Gasteiger partial charge < -0.3 is 18.9 Å². The van der Waals surface area contributed by atoms with Crippen molar-refractivity contribution in [1.82, 2.24) is 16.2 Å². The molecule has 184 valence electrons. The minimum Gasteiger partial charge on any atom is -0.493 e. The van der Waals surface area contributed by atoms with Gasteiger partial charge in [-0.05, 0) is 69.3 Å². The molecule has 3 N–H and O–H groups in total. The molecular weight excluding hydrogens is 606 g/mol. The van der Waals surface area contributed by atoms with Crippen molar-refractivity contribution in [2.75, 3.05) is 27.9 Å². The van der Waals surface area contributed by atoms with Crippen LogP contribution in [0, 0.1) is 0 Å². The van der Waals surface area contributed by atoms with Gasteiger partial charge in [-0.15, -0.1) is 0 Å². The van der Waals surface area contributed by atoms with E-state index in [0.717, 1.165) is 19.7 Å². The molecule has 0 aliphatic carbocycles. The van der Waals surface area contributed by atoms with E-state index in [1.165, 1.54) is 33.5 Å². The van der Waals surface area contributed by atoms with Crippen molar-refractivity contribution in [2.45, 2.75) is 0 Å². The summed E-state index contributed by atoms with van der Waals surface area (Å²) in [7, 11) is 4.35. The van der Waals surface area contributed by atoms with Crippen LogP contribution in [0.5, 0.6) is 23.0 Å². The summed E-state index contributed by atoms with van der Waals surface area (Å²) in [6, 6.07) is 12.4. The zero-order valence-electron chi connectivity index (χ0n) is 18.9. The minimum atomic E-state index is -0.538. The lowest BCUT2D eigenvalue weighted by Crippen LogP contribution is -2.49. The predicted octanol–water partition coefficient (Wildman–Crippen LogP) is 4.11. The SMILES string of the molecule is COc1cc(C(=O)NNC(=S)NC(=O)COc2ccc3cc(Br)ccc3c2Br)cc(OC)c1OC. The Balaban J connectivity index is 1.54. The molecule has 0 saturated carbocycles. The number of thiocarbonyl (C=S) groups is 1. The summed E-state index contributed by atoms with van der Waals surface area (Å²) in [6.07, 6.45) is 0. The molecule has 12 heteroatoms. The fraction of sp³-hybridized carbons (Fsp3) is 0.174. The van der Waals surface area contributed by atoms with Crippen LogP contribution in [0.1, 0.15) is 10.4 Å². The minimum absolute atomic E-state index is 0.109. The summed E-state index contributed by atoms with van der Waals surface area (Å²) < 4.78 is 23.0. The first-order valence-corrected chi connectivity index (χ1v) is 12.0. The highest BCUT2D eigenvalue weighted by Crippen LogP contribution is 2.38. The lowest BCUT2D eigenvalue weighted by molar-refractivity contribution is -0.121. The molecule has 0 heterocycles. The number of halogens is 2. The zero-order chi connectivity index (χ0) is 25.5. The third-order valence-electron chi connectivity index (χ3n) is 4.71. The highest BCUT2D eigenvalue weighted by atomic mass is 79.9. The number of amides is 2. The van der Waals surface area contributed by atoms with Crippen molar-refractivity contribution in [3.05, 3.63) is 57.0 Å². The monoisotopic (exact) mass is 625 g/mol. The van der Waals surface area contributed by atoms with Crippen LogP contribution in [0.25, 0.3) is 10.8 Å². The molecule has 0 aromatic heterocycles. The maximum Gasteiger partial charge on any atom is 0.269 e. The van der Waals surface area contributed by atoms with E-state index >= 15 is 0 Å². The van der Waals surface area contributed by atoms with Gasteiger partial charge in [0.1, 0.15) is 5.75 Å². The number of methoxy groups -OCH3 is 3. The van der Waals surface area contributed by atoms with E-state index in [2.05, 4.69) is 48.0 Å². The van der Waals surface area contributed by atoms with Gasteiger partial charge in [-0.25, -0.2) is 0 Å². The van der Waals surface area contributed by atoms with Crippen molar-refractivity contribution < 1.29 is 28.5 Å². The van der Waals surface area contributed by atoms with Gasteiger partial charge in [-0.2, -0.15) is 0 Å². The summed E-state index contributed by atoms with van der Waals surface area (Å²) >= 11 is 12.0. The first kappa shape index (κ1) is 26.5. The molecule has 0 aliphatic rings. The van der Waals surface area contributed by atoms with Gasteiger partial charge in [0, 0.05) is 10.0 Å². The average molecular weight is 627 g/mol. The van der Waals surface area contributed by atoms with Crippen molar-refractivity contribution in [2.24, 2.45) is 0 Å². The number of nitrogens with one attached hydrogen (secondary N) is 3. The smallest absolute Gasteiger partial charge is 0.269 e. The summed E-state index contributed by atoms with van der Waals surface area (Å²) in [5, 5.41) is 4.28. The van der Waals surface area contributed by atoms with Gasteiger partial charge in [-0.3, -0.25) is 25.8 Å². The largest absolute Gasteiger partial charge is 0.493 e.